The Hall–Kier alpha value is -0.130. The zero-order valence-corrected chi connectivity index (χ0v) is 14.6. The number of nitrogens with one attached hydrogen (secondary N) is 2. The molecule has 21 heavy (non-hydrogen) atoms. The van der Waals surface area contributed by atoms with Crippen LogP contribution in [0.15, 0.2) is 0 Å². The van der Waals surface area contributed by atoms with E-state index in [1.54, 1.807) is 0 Å². The zero-order valence-electron chi connectivity index (χ0n) is 12.9. The SMILES string of the molecule is CCS(=O)C1CCCC(NC(=O)CCC2CCNC2)C1.Cl. The van der Waals surface area contributed by atoms with Crippen molar-refractivity contribution in [1.29, 1.82) is 0 Å². The molecule has 2 N–H and O–H groups in total. The van der Waals surface area contributed by atoms with E-state index in [-0.39, 0.29) is 29.6 Å². The van der Waals surface area contributed by atoms with Gasteiger partial charge in [0, 0.05) is 34.3 Å². The minimum Gasteiger partial charge on any atom is -0.353 e. The van der Waals surface area contributed by atoms with Crippen molar-refractivity contribution in [3.05, 3.63) is 0 Å². The first-order valence-corrected chi connectivity index (χ1v) is 9.44. The average Bonchev–Trinajstić information content (AvgIpc) is 2.98. The smallest absolute Gasteiger partial charge is 0.220 e. The molecule has 1 aliphatic heterocycles. The van der Waals surface area contributed by atoms with Crippen LogP contribution in [-0.2, 0) is 15.6 Å². The van der Waals surface area contributed by atoms with Gasteiger partial charge in [-0.3, -0.25) is 9.00 Å². The summed E-state index contributed by atoms with van der Waals surface area (Å²) in [5.74, 6) is 1.59. The highest BCUT2D eigenvalue weighted by Gasteiger charge is 2.26. The molecule has 1 saturated heterocycles. The summed E-state index contributed by atoms with van der Waals surface area (Å²) in [5.41, 5.74) is 0. The molecule has 124 valence electrons. The Balaban J connectivity index is 0.00000220. The molecule has 1 saturated carbocycles. The maximum atomic E-state index is 12.0. The van der Waals surface area contributed by atoms with E-state index in [1.165, 1.54) is 6.42 Å². The summed E-state index contributed by atoms with van der Waals surface area (Å²) >= 11 is 0. The van der Waals surface area contributed by atoms with Crippen LogP contribution in [0.1, 0.15) is 51.9 Å². The van der Waals surface area contributed by atoms with E-state index in [2.05, 4.69) is 10.6 Å². The van der Waals surface area contributed by atoms with Gasteiger partial charge in [0.2, 0.25) is 5.91 Å². The van der Waals surface area contributed by atoms with Gasteiger partial charge in [-0.2, -0.15) is 0 Å². The van der Waals surface area contributed by atoms with E-state index in [1.807, 2.05) is 6.92 Å². The molecule has 6 heteroatoms. The largest absolute Gasteiger partial charge is 0.353 e. The zero-order chi connectivity index (χ0) is 14.4. The van der Waals surface area contributed by atoms with Crippen LogP contribution < -0.4 is 10.6 Å². The fourth-order valence-corrected chi connectivity index (χ4v) is 4.69. The highest BCUT2D eigenvalue weighted by molar-refractivity contribution is 7.85. The first kappa shape index (κ1) is 18.9. The molecule has 2 aliphatic rings. The van der Waals surface area contributed by atoms with Crippen LogP contribution in [0.5, 0.6) is 0 Å². The maximum Gasteiger partial charge on any atom is 0.220 e. The highest BCUT2D eigenvalue weighted by atomic mass is 35.5. The molecule has 0 radical (unpaired) electrons. The van der Waals surface area contributed by atoms with Crippen LogP contribution in [-0.4, -0.2) is 40.3 Å². The minimum absolute atomic E-state index is 0. The summed E-state index contributed by atoms with van der Waals surface area (Å²) in [6.45, 7) is 4.14. The molecule has 1 heterocycles. The van der Waals surface area contributed by atoms with Gasteiger partial charge < -0.3 is 10.6 Å². The predicted molar refractivity (Wildman–Crippen MR) is 90.3 cm³/mol. The maximum absolute atomic E-state index is 12.0. The number of rotatable bonds is 6. The second-order valence-electron chi connectivity index (χ2n) is 6.12. The molecule has 1 amide bonds. The molecular weight excluding hydrogens is 308 g/mol. The first-order valence-electron chi connectivity index (χ1n) is 8.06. The van der Waals surface area contributed by atoms with Crippen molar-refractivity contribution in [3.8, 4) is 0 Å². The minimum atomic E-state index is -0.714. The molecule has 1 aliphatic carbocycles. The molecule has 0 aromatic rings. The number of hydrogen-bond donors (Lipinski definition) is 2. The number of hydrogen-bond acceptors (Lipinski definition) is 3. The molecular formula is C15H29ClN2O2S. The van der Waals surface area contributed by atoms with Crippen molar-refractivity contribution in [2.24, 2.45) is 5.92 Å². The van der Waals surface area contributed by atoms with Gasteiger partial charge in [-0.15, -0.1) is 12.4 Å². The molecule has 0 spiro atoms. The van der Waals surface area contributed by atoms with E-state index in [0.717, 1.165) is 50.9 Å². The van der Waals surface area contributed by atoms with E-state index in [4.69, 9.17) is 0 Å². The van der Waals surface area contributed by atoms with Gasteiger partial charge in [-0.05, 0) is 51.1 Å². The Kier molecular flexibility index (Phi) is 8.83. The molecule has 2 rings (SSSR count). The fraction of sp³-hybridized carbons (Fsp3) is 0.933. The lowest BCUT2D eigenvalue weighted by Crippen LogP contribution is -2.41. The number of carbonyl (C=O) groups is 1. The van der Waals surface area contributed by atoms with Crippen LogP contribution >= 0.6 is 12.4 Å². The van der Waals surface area contributed by atoms with Crippen molar-refractivity contribution >= 4 is 29.1 Å². The molecule has 0 aromatic carbocycles. The lowest BCUT2D eigenvalue weighted by molar-refractivity contribution is -0.122. The van der Waals surface area contributed by atoms with Gasteiger partial charge in [0.15, 0.2) is 0 Å². The van der Waals surface area contributed by atoms with Crippen LogP contribution in [0.2, 0.25) is 0 Å². The Bertz CT molecular complexity index is 349. The Morgan fingerprint density at radius 3 is 2.81 bits per heavy atom. The second kappa shape index (κ2) is 9.80. The Morgan fingerprint density at radius 1 is 1.33 bits per heavy atom. The van der Waals surface area contributed by atoms with Gasteiger partial charge in [0.25, 0.3) is 0 Å². The topological polar surface area (TPSA) is 58.2 Å². The molecule has 4 nitrogen and oxygen atoms in total. The van der Waals surface area contributed by atoms with Crippen LogP contribution in [0.25, 0.3) is 0 Å². The lowest BCUT2D eigenvalue weighted by atomic mass is 9.94. The average molecular weight is 337 g/mol. The molecule has 0 aromatic heterocycles. The van der Waals surface area contributed by atoms with Crippen molar-refractivity contribution in [3.63, 3.8) is 0 Å². The number of halogens is 1. The number of amides is 1. The Morgan fingerprint density at radius 2 is 2.14 bits per heavy atom. The summed E-state index contributed by atoms with van der Waals surface area (Å²) in [6, 6.07) is 0.249. The second-order valence-corrected chi connectivity index (χ2v) is 8.13. The molecule has 4 atom stereocenters. The van der Waals surface area contributed by atoms with Crippen LogP contribution in [0, 0.1) is 5.92 Å². The summed E-state index contributed by atoms with van der Waals surface area (Å²) in [6.07, 6.45) is 6.94. The monoisotopic (exact) mass is 336 g/mol. The Labute approximate surface area is 137 Å². The van der Waals surface area contributed by atoms with Gasteiger partial charge in [0.1, 0.15) is 0 Å². The normalized spacial score (nSPS) is 30.4. The highest BCUT2D eigenvalue weighted by Crippen LogP contribution is 2.23. The molecule has 0 bridgehead atoms. The third-order valence-corrected chi connectivity index (χ3v) is 6.33. The van der Waals surface area contributed by atoms with Crippen LogP contribution in [0.4, 0.5) is 0 Å². The van der Waals surface area contributed by atoms with Crippen LogP contribution in [0.3, 0.4) is 0 Å². The third-order valence-electron chi connectivity index (χ3n) is 4.59. The third kappa shape index (κ3) is 6.25. The predicted octanol–water partition coefficient (Wildman–Crippen LogP) is 1.99. The standard InChI is InChI=1S/C15H28N2O2S.ClH/c1-2-20(19)14-5-3-4-13(10-14)17-15(18)7-6-12-8-9-16-11-12;/h12-14,16H,2-11H2,1H3,(H,17,18);1H. The van der Waals surface area contributed by atoms with Gasteiger partial charge >= 0.3 is 0 Å². The van der Waals surface area contributed by atoms with Crippen molar-refractivity contribution in [2.45, 2.75) is 63.2 Å². The van der Waals surface area contributed by atoms with Crippen molar-refractivity contribution in [1.82, 2.24) is 10.6 Å². The summed E-state index contributed by atoms with van der Waals surface area (Å²) in [5, 5.41) is 6.78. The quantitative estimate of drug-likeness (QED) is 0.780. The summed E-state index contributed by atoms with van der Waals surface area (Å²) in [4.78, 5) is 12.0. The summed E-state index contributed by atoms with van der Waals surface area (Å²) in [7, 11) is -0.714. The van der Waals surface area contributed by atoms with Crippen molar-refractivity contribution < 1.29 is 9.00 Å². The van der Waals surface area contributed by atoms with Crippen molar-refractivity contribution in [2.75, 3.05) is 18.8 Å². The summed E-state index contributed by atoms with van der Waals surface area (Å²) < 4.78 is 11.9. The van der Waals surface area contributed by atoms with Gasteiger partial charge in [0.05, 0.1) is 0 Å². The fourth-order valence-electron chi connectivity index (χ4n) is 3.35. The number of carbonyl (C=O) groups excluding carboxylic acids is 1. The molecule has 2 fully saturated rings. The van der Waals surface area contributed by atoms with Gasteiger partial charge in [-0.1, -0.05) is 13.3 Å². The first-order chi connectivity index (χ1) is 9.69. The van der Waals surface area contributed by atoms with E-state index < -0.39 is 10.8 Å². The van der Waals surface area contributed by atoms with E-state index >= 15 is 0 Å². The lowest BCUT2D eigenvalue weighted by Gasteiger charge is -2.29. The van der Waals surface area contributed by atoms with E-state index in [9.17, 15) is 9.00 Å². The van der Waals surface area contributed by atoms with Gasteiger partial charge in [-0.25, -0.2) is 0 Å². The molecule has 4 unspecified atom stereocenters. The van der Waals surface area contributed by atoms with E-state index in [0.29, 0.717) is 12.3 Å².